The van der Waals surface area contributed by atoms with Crippen LogP contribution in [0.2, 0.25) is 0 Å². The molecule has 1 aliphatic heterocycles. The maximum Gasteiger partial charge on any atom is 0.107 e. The van der Waals surface area contributed by atoms with Gasteiger partial charge in [0.1, 0.15) is 6.10 Å². The Balaban J connectivity index is 2.08. The van der Waals surface area contributed by atoms with Gasteiger partial charge in [-0.05, 0) is 17.7 Å². The van der Waals surface area contributed by atoms with Crippen molar-refractivity contribution >= 4 is 5.69 Å². The number of benzene rings is 1. The van der Waals surface area contributed by atoms with E-state index in [2.05, 4.69) is 0 Å². The lowest BCUT2D eigenvalue weighted by atomic mass is 10.0. The zero-order valence-corrected chi connectivity index (χ0v) is 10.2. The predicted octanol–water partition coefficient (Wildman–Crippen LogP) is 0.936. The van der Waals surface area contributed by atoms with E-state index >= 15 is 0 Å². The highest BCUT2D eigenvalue weighted by atomic mass is 16.5. The van der Waals surface area contributed by atoms with E-state index in [4.69, 9.17) is 9.84 Å². The van der Waals surface area contributed by atoms with Gasteiger partial charge in [-0.2, -0.15) is 0 Å². The molecule has 3 atom stereocenters. The molecule has 1 aromatic rings. The van der Waals surface area contributed by atoms with Gasteiger partial charge in [0.05, 0.1) is 18.8 Å². The molecule has 1 fully saturated rings. The van der Waals surface area contributed by atoms with E-state index in [1.807, 2.05) is 43.3 Å². The second-order valence-electron chi connectivity index (χ2n) is 4.63. The Morgan fingerprint density at radius 2 is 1.94 bits per heavy atom. The fourth-order valence-corrected chi connectivity index (χ4v) is 2.09. The minimum atomic E-state index is -0.571. The van der Waals surface area contributed by atoms with Crippen LogP contribution in [0.25, 0.3) is 0 Å². The normalized spacial score (nSPS) is 28.4. The van der Waals surface area contributed by atoms with Gasteiger partial charge < -0.3 is 19.8 Å². The first-order valence-electron chi connectivity index (χ1n) is 5.83. The molecule has 2 N–H and O–H groups in total. The summed E-state index contributed by atoms with van der Waals surface area (Å²) < 4.78 is 5.60. The summed E-state index contributed by atoms with van der Waals surface area (Å²) in [5.74, 6) is 0. The molecule has 4 heteroatoms. The van der Waals surface area contributed by atoms with Gasteiger partial charge >= 0.3 is 0 Å². The zero-order valence-electron chi connectivity index (χ0n) is 10.2. The molecule has 0 aliphatic carbocycles. The maximum atomic E-state index is 9.67. The molecule has 0 radical (unpaired) electrons. The lowest BCUT2D eigenvalue weighted by Crippen LogP contribution is -2.24. The molecule has 2 rings (SSSR count). The number of nitrogens with zero attached hydrogens (tertiary/aromatic N) is 1. The Kier molecular flexibility index (Phi) is 3.66. The Morgan fingerprint density at radius 3 is 2.41 bits per heavy atom. The Bertz CT molecular complexity index is 363. The van der Waals surface area contributed by atoms with Crippen molar-refractivity contribution in [1.82, 2.24) is 0 Å². The largest absolute Gasteiger partial charge is 0.394 e. The molecule has 1 heterocycles. The number of ether oxygens (including phenoxy) is 1. The summed E-state index contributed by atoms with van der Waals surface area (Å²) in [6.07, 6.45) is -0.586. The monoisotopic (exact) mass is 237 g/mol. The van der Waals surface area contributed by atoms with Gasteiger partial charge in [0.2, 0.25) is 0 Å². The summed E-state index contributed by atoms with van der Waals surface area (Å²) in [6.45, 7) is -0.131. The van der Waals surface area contributed by atoms with Crippen molar-refractivity contribution < 1.29 is 14.9 Å². The predicted molar refractivity (Wildman–Crippen MR) is 66.1 cm³/mol. The van der Waals surface area contributed by atoms with Crippen LogP contribution >= 0.6 is 0 Å². The third-order valence-electron chi connectivity index (χ3n) is 3.19. The van der Waals surface area contributed by atoms with E-state index in [1.54, 1.807) is 0 Å². The zero-order chi connectivity index (χ0) is 12.4. The molecule has 1 saturated heterocycles. The maximum absolute atomic E-state index is 9.67. The fourth-order valence-electron chi connectivity index (χ4n) is 2.09. The summed E-state index contributed by atoms with van der Waals surface area (Å²) >= 11 is 0. The molecular formula is C13H19NO3. The van der Waals surface area contributed by atoms with Crippen LogP contribution in [0.3, 0.4) is 0 Å². The van der Waals surface area contributed by atoms with Gasteiger partial charge in [0.25, 0.3) is 0 Å². The first-order chi connectivity index (χ1) is 8.11. The van der Waals surface area contributed by atoms with Crippen molar-refractivity contribution in [3.05, 3.63) is 29.8 Å². The topological polar surface area (TPSA) is 52.9 Å². The smallest absolute Gasteiger partial charge is 0.107 e. The first kappa shape index (κ1) is 12.4. The molecule has 0 bridgehead atoms. The Labute approximate surface area is 101 Å². The number of aliphatic hydroxyl groups excluding tert-OH is 2. The average molecular weight is 237 g/mol. The third-order valence-corrected chi connectivity index (χ3v) is 3.19. The summed E-state index contributed by atoms with van der Waals surface area (Å²) in [6, 6.07) is 8.06. The minimum absolute atomic E-state index is 0.113. The molecule has 0 saturated carbocycles. The standard InChI is InChI=1S/C13H19NO3/c1-14(2)10-5-3-9(4-6-10)12-7-11(16)13(8-15)17-12/h3-6,11-13,15-16H,7-8H2,1-2H3/t11-,12?,13+/m0/s1. The first-order valence-corrected chi connectivity index (χ1v) is 5.83. The van der Waals surface area contributed by atoms with Crippen molar-refractivity contribution in [1.29, 1.82) is 0 Å². The number of rotatable bonds is 3. The lowest BCUT2D eigenvalue weighted by Gasteiger charge is -2.15. The number of hydrogen-bond donors (Lipinski definition) is 2. The minimum Gasteiger partial charge on any atom is -0.394 e. The van der Waals surface area contributed by atoms with Crippen molar-refractivity contribution in [2.24, 2.45) is 0 Å². The van der Waals surface area contributed by atoms with Crippen molar-refractivity contribution in [2.75, 3.05) is 25.6 Å². The molecule has 0 spiro atoms. The number of anilines is 1. The second kappa shape index (κ2) is 5.04. The molecule has 1 aliphatic rings. The van der Waals surface area contributed by atoms with E-state index < -0.39 is 12.2 Å². The van der Waals surface area contributed by atoms with Crippen LogP contribution in [0.15, 0.2) is 24.3 Å². The summed E-state index contributed by atoms with van der Waals surface area (Å²) in [4.78, 5) is 2.03. The summed E-state index contributed by atoms with van der Waals surface area (Å²) in [5.41, 5.74) is 2.18. The Morgan fingerprint density at radius 1 is 1.29 bits per heavy atom. The highest BCUT2D eigenvalue weighted by molar-refractivity contribution is 5.46. The molecule has 1 aromatic carbocycles. The number of hydrogen-bond acceptors (Lipinski definition) is 4. The van der Waals surface area contributed by atoms with Crippen molar-refractivity contribution in [3.63, 3.8) is 0 Å². The van der Waals surface area contributed by atoms with E-state index in [0.29, 0.717) is 6.42 Å². The van der Waals surface area contributed by atoms with Crippen LogP contribution in [0.1, 0.15) is 18.1 Å². The molecular weight excluding hydrogens is 218 g/mol. The van der Waals surface area contributed by atoms with Gasteiger partial charge in [0.15, 0.2) is 0 Å². The third kappa shape index (κ3) is 2.60. The molecule has 0 amide bonds. The van der Waals surface area contributed by atoms with E-state index in [9.17, 15) is 5.11 Å². The van der Waals surface area contributed by atoms with Crippen LogP contribution in [-0.2, 0) is 4.74 Å². The van der Waals surface area contributed by atoms with E-state index in [1.165, 1.54) is 0 Å². The molecule has 0 aromatic heterocycles. The molecule has 94 valence electrons. The van der Waals surface area contributed by atoms with Gasteiger partial charge in [0, 0.05) is 26.2 Å². The van der Waals surface area contributed by atoms with Crippen LogP contribution in [-0.4, -0.2) is 43.1 Å². The van der Waals surface area contributed by atoms with Gasteiger partial charge in [-0.15, -0.1) is 0 Å². The van der Waals surface area contributed by atoms with Crippen LogP contribution in [0.5, 0.6) is 0 Å². The highest BCUT2D eigenvalue weighted by Crippen LogP contribution is 2.33. The van der Waals surface area contributed by atoms with E-state index in [-0.39, 0.29) is 12.7 Å². The van der Waals surface area contributed by atoms with Crippen LogP contribution in [0, 0.1) is 0 Å². The van der Waals surface area contributed by atoms with Crippen LogP contribution in [0.4, 0.5) is 5.69 Å². The van der Waals surface area contributed by atoms with Crippen molar-refractivity contribution in [3.8, 4) is 0 Å². The van der Waals surface area contributed by atoms with Crippen LogP contribution < -0.4 is 4.90 Å². The van der Waals surface area contributed by atoms with E-state index in [0.717, 1.165) is 11.3 Å². The SMILES string of the molecule is CN(C)c1ccc(C2C[C@H](O)[C@@H](CO)O2)cc1. The van der Waals surface area contributed by atoms with Gasteiger partial charge in [-0.25, -0.2) is 0 Å². The van der Waals surface area contributed by atoms with Crippen molar-refractivity contribution in [2.45, 2.75) is 24.7 Å². The molecule has 17 heavy (non-hydrogen) atoms. The second-order valence-corrected chi connectivity index (χ2v) is 4.63. The molecule has 1 unspecified atom stereocenters. The molecule has 4 nitrogen and oxygen atoms in total. The quantitative estimate of drug-likeness (QED) is 0.821. The summed E-state index contributed by atoms with van der Waals surface area (Å²) in [5, 5.41) is 18.7. The highest BCUT2D eigenvalue weighted by Gasteiger charge is 2.34. The van der Waals surface area contributed by atoms with Gasteiger partial charge in [-0.3, -0.25) is 0 Å². The average Bonchev–Trinajstić information content (AvgIpc) is 2.70. The number of aliphatic hydroxyl groups is 2. The van der Waals surface area contributed by atoms with Gasteiger partial charge in [-0.1, -0.05) is 12.1 Å². The lowest BCUT2D eigenvalue weighted by molar-refractivity contribution is -0.0225. The Hall–Kier alpha value is -1.10. The fraction of sp³-hybridized carbons (Fsp3) is 0.538. The summed E-state index contributed by atoms with van der Waals surface area (Å²) in [7, 11) is 3.99.